The maximum atomic E-state index is 13.4. The first kappa shape index (κ1) is 24.9. The number of amides is 2. The number of nitrogens with zero attached hydrogens (tertiary/aromatic N) is 3. The molecule has 0 spiro atoms. The third kappa shape index (κ3) is 5.52. The monoisotopic (exact) mass is 508 g/mol. The van der Waals surface area contributed by atoms with Crippen molar-refractivity contribution in [1.29, 1.82) is 0 Å². The Morgan fingerprint density at radius 1 is 1.03 bits per heavy atom. The van der Waals surface area contributed by atoms with E-state index in [4.69, 9.17) is 0 Å². The molecule has 0 bridgehead atoms. The van der Waals surface area contributed by atoms with E-state index in [1.807, 2.05) is 12.1 Å². The number of anilines is 2. The number of nitrogens with one attached hydrogen (secondary N) is 1. The number of rotatable bonds is 9. The topological polar surface area (TPSA) is 130 Å². The van der Waals surface area contributed by atoms with Crippen LogP contribution in [0, 0.1) is 10.1 Å². The van der Waals surface area contributed by atoms with Crippen LogP contribution < -0.4 is 14.5 Å². The fraction of sp³-hybridized carbons (Fsp3) is 0.200. The summed E-state index contributed by atoms with van der Waals surface area (Å²) < 4.78 is 27.6. The Labute approximate surface area is 208 Å². The minimum atomic E-state index is -4.19. The Morgan fingerprint density at radius 2 is 1.78 bits per heavy atom. The van der Waals surface area contributed by atoms with Crippen molar-refractivity contribution in [3.8, 4) is 0 Å². The van der Waals surface area contributed by atoms with Gasteiger partial charge in [0.1, 0.15) is 6.54 Å². The molecule has 11 heteroatoms. The smallest absolute Gasteiger partial charge is 0.271 e. The van der Waals surface area contributed by atoms with Crippen molar-refractivity contribution < 1.29 is 22.9 Å². The van der Waals surface area contributed by atoms with Gasteiger partial charge in [-0.1, -0.05) is 36.4 Å². The zero-order chi connectivity index (χ0) is 25.7. The molecule has 0 atom stereocenters. The van der Waals surface area contributed by atoms with Gasteiger partial charge in [0.25, 0.3) is 15.7 Å². The molecule has 0 aliphatic carbocycles. The highest BCUT2D eigenvalue weighted by Crippen LogP contribution is 2.27. The van der Waals surface area contributed by atoms with Gasteiger partial charge in [0, 0.05) is 37.3 Å². The lowest BCUT2D eigenvalue weighted by Gasteiger charge is -2.24. The number of carbonyl (C=O) groups excluding carboxylic acids is 2. The van der Waals surface area contributed by atoms with E-state index >= 15 is 0 Å². The Hall–Kier alpha value is -4.25. The van der Waals surface area contributed by atoms with E-state index in [1.54, 1.807) is 35.2 Å². The maximum absolute atomic E-state index is 13.4. The van der Waals surface area contributed by atoms with Crippen LogP contribution in [0.1, 0.15) is 18.4 Å². The van der Waals surface area contributed by atoms with Gasteiger partial charge in [-0.25, -0.2) is 8.42 Å². The quantitative estimate of drug-likeness (QED) is 0.349. The second kappa shape index (κ2) is 10.6. The van der Waals surface area contributed by atoms with Gasteiger partial charge in [-0.05, 0) is 42.3 Å². The number of nitro benzene ring substituents is 1. The summed E-state index contributed by atoms with van der Waals surface area (Å²) in [7, 11) is -4.19. The molecule has 3 aromatic carbocycles. The van der Waals surface area contributed by atoms with Gasteiger partial charge in [0.2, 0.25) is 11.8 Å². The van der Waals surface area contributed by atoms with Gasteiger partial charge in [0.05, 0.1) is 15.5 Å². The maximum Gasteiger partial charge on any atom is 0.271 e. The van der Waals surface area contributed by atoms with E-state index in [2.05, 4.69) is 5.32 Å². The Morgan fingerprint density at radius 3 is 2.47 bits per heavy atom. The summed E-state index contributed by atoms with van der Waals surface area (Å²) >= 11 is 0. The average Bonchev–Trinajstić information content (AvgIpc) is 3.32. The Bertz CT molecular complexity index is 1390. The van der Waals surface area contributed by atoms with Crippen molar-refractivity contribution >= 4 is 38.9 Å². The molecule has 1 aliphatic rings. The molecule has 1 saturated heterocycles. The standard InChI is InChI=1S/C25H24N4O6S/c30-24(26-17-19-7-4-8-20(15-19)27-14-6-13-25(27)31)18-28(21-9-5-10-22(16-21)29(32)33)36(34,35)23-11-2-1-3-12-23/h1-5,7-12,15-16H,6,13-14,17-18H2,(H,26,30). The van der Waals surface area contributed by atoms with Crippen LogP contribution in [0.25, 0.3) is 0 Å². The van der Waals surface area contributed by atoms with Crippen molar-refractivity contribution in [1.82, 2.24) is 5.32 Å². The molecule has 1 fully saturated rings. The van der Waals surface area contributed by atoms with E-state index in [0.29, 0.717) is 13.0 Å². The molecule has 186 valence electrons. The van der Waals surface area contributed by atoms with Crippen LogP contribution in [0.15, 0.2) is 83.8 Å². The Balaban J connectivity index is 1.54. The minimum Gasteiger partial charge on any atom is -0.350 e. The molecule has 0 unspecified atom stereocenters. The first-order chi connectivity index (χ1) is 17.3. The van der Waals surface area contributed by atoms with Gasteiger partial charge in [-0.15, -0.1) is 0 Å². The van der Waals surface area contributed by atoms with E-state index in [0.717, 1.165) is 28.0 Å². The predicted octanol–water partition coefficient (Wildman–Crippen LogP) is 3.23. The molecular weight excluding hydrogens is 484 g/mol. The number of carbonyl (C=O) groups is 2. The highest BCUT2D eigenvalue weighted by Gasteiger charge is 2.28. The summed E-state index contributed by atoms with van der Waals surface area (Å²) in [6.45, 7) is 0.176. The van der Waals surface area contributed by atoms with E-state index < -0.39 is 27.4 Å². The number of sulfonamides is 1. The van der Waals surface area contributed by atoms with Crippen molar-refractivity contribution in [3.63, 3.8) is 0 Å². The predicted molar refractivity (Wildman–Crippen MR) is 134 cm³/mol. The van der Waals surface area contributed by atoms with Crippen LogP contribution in [0.5, 0.6) is 0 Å². The van der Waals surface area contributed by atoms with E-state index in [9.17, 15) is 28.1 Å². The van der Waals surface area contributed by atoms with Crippen LogP contribution in [0.4, 0.5) is 17.1 Å². The molecule has 1 N–H and O–H groups in total. The van der Waals surface area contributed by atoms with Crippen molar-refractivity contribution in [2.75, 3.05) is 22.3 Å². The second-order valence-electron chi connectivity index (χ2n) is 8.20. The lowest BCUT2D eigenvalue weighted by atomic mass is 10.2. The Kier molecular flexibility index (Phi) is 7.30. The number of nitro groups is 1. The molecular formula is C25H24N4O6S. The third-order valence-electron chi connectivity index (χ3n) is 5.73. The second-order valence-corrected chi connectivity index (χ2v) is 10.1. The largest absolute Gasteiger partial charge is 0.350 e. The molecule has 0 saturated carbocycles. The highest BCUT2D eigenvalue weighted by molar-refractivity contribution is 7.92. The molecule has 3 aromatic rings. The van der Waals surface area contributed by atoms with Crippen LogP contribution in [0.2, 0.25) is 0 Å². The summed E-state index contributed by atoms with van der Waals surface area (Å²) in [6.07, 6.45) is 1.30. The van der Waals surface area contributed by atoms with Crippen molar-refractivity contribution in [3.05, 3.63) is 94.5 Å². The van der Waals surface area contributed by atoms with E-state index in [1.165, 1.54) is 30.3 Å². The van der Waals surface area contributed by atoms with Crippen LogP contribution in [-0.4, -0.2) is 38.2 Å². The lowest BCUT2D eigenvalue weighted by Crippen LogP contribution is -2.40. The average molecular weight is 509 g/mol. The summed E-state index contributed by atoms with van der Waals surface area (Å²) in [6, 6.07) is 19.9. The van der Waals surface area contributed by atoms with Gasteiger partial charge in [-0.2, -0.15) is 0 Å². The molecule has 2 amide bonds. The summed E-state index contributed by atoms with van der Waals surface area (Å²) in [5.74, 6) is -0.543. The number of non-ortho nitro benzene ring substituents is 1. The fourth-order valence-electron chi connectivity index (χ4n) is 3.94. The van der Waals surface area contributed by atoms with Crippen LogP contribution in [-0.2, 0) is 26.2 Å². The van der Waals surface area contributed by atoms with Crippen LogP contribution >= 0.6 is 0 Å². The molecule has 1 heterocycles. The molecule has 10 nitrogen and oxygen atoms in total. The zero-order valence-corrected chi connectivity index (χ0v) is 20.1. The van der Waals surface area contributed by atoms with E-state index in [-0.39, 0.29) is 28.7 Å². The number of hydrogen-bond donors (Lipinski definition) is 1. The zero-order valence-electron chi connectivity index (χ0n) is 19.2. The minimum absolute atomic E-state index is 0.00209. The summed E-state index contributed by atoms with van der Waals surface area (Å²) in [5, 5.41) is 14.0. The highest BCUT2D eigenvalue weighted by atomic mass is 32.2. The van der Waals surface area contributed by atoms with Crippen molar-refractivity contribution in [2.45, 2.75) is 24.3 Å². The third-order valence-corrected chi connectivity index (χ3v) is 7.52. The molecule has 1 aliphatic heterocycles. The molecule has 0 radical (unpaired) electrons. The summed E-state index contributed by atoms with van der Waals surface area (Å²) in [4.78, 5) is 37.2. The first-order valence-corrected chi connectivity index (χ1v) is 12.7. The van der Waals surface area contributed by atoms with Gasteiger partial charge in [0.15, 0.2) is 0 Å². The first-order valence-electron chi connectivity index (χ1n) is 11.2. The number of benzene rings is 3. The lowest BCUT2D eigenvalue weighted by molar-refractivity contribution is -0.384. The normalized spacial score (nSPS) is 13.4. The van der Waals surface area contributed by atoms with Crippen molar-refractivity contribution in [2.24, 2.45) is 0 Å². The molecule has 4 rings (SSSR count). The van der Waals surface area contributed by atoms with Crippen LogP contribution in [0.3, 0.4) is 0 Å². The number of hydrogen-bond acceptors (Lipinski definition) is 6. The molecule has 0 aromatic heterocycles. The van der Waals surface area contributed by atoms with Gasteiger partial charge >= 0.3 is 0 Å². The SMILES string of the molecule is O=C(CN(c1cccc([N+](=O)[O-])c1)S(=O)(=O)c1ccccc1)NCc1cccc(N2CCCC2=O)c1. The summed E-state index contributed by atoms with van der Waals surface area (Å²) in [5.41, 5.74) is 1.19. The fourth-order valence-corrected chi connectivity index (χ4v) is 5.37. The van der Waals surface area contributed by atoms with Gasteiger partial charge in [-0.3, -0.25) is 24.0 Å². The molecule has 36 heavy (non-hydrogen) atoms. The van der Waals surface area contributed by atoms with Gasteiger partial charge < -0.3 is 10.2 Å².